The van der Waals surface area contributed by atoms with Crippen LogP contribution in [-0.4, -0.2) is 0 Å². The molecule has 0 heterocycles. The van der Waals surface area contributed by atoms with Gasteiger partial charge < -0.3 is 0 Å². The first-order chi connectivity index (χ1) is 10.4. The molecule has 0 bridgehead atoms. The molecule has 3 heteroatoms. The maximum Gasteiger partial charge on any atom is 0.0601 e. The molecule has 21 heavy (non-hydrogen) atoms. The van der Waals surface area contributed by atoms with E-state index in [-0.39, 0.29) is 0 Å². The Labute approximate surface area is 134 Å². The molecule has 3 rings (SSSR count). The molecule has 0 N–H and O–H groups in total. The molecule has 0 unspecified atom stereocenters. The lowest BCUT2D eigenvalue weighted by Gasteiger charge is -2.21. The molecule has 0 saturated heterocycles. The Morgan fingerprint density at radius 3 is 1.29 bits per heavy atom. The largest absolute Gasteiger partial charge is 0.249 e. The fourth-order valence-corrected chi connectivity index (χ4v) is 3.89. The molecule has 3 aromatic carbocycles. The molecule has 0 aromatic heterocycles. The maximum absolute atomic E-state index is 2.24. The lowest BCUT2D eigenvalue weighted by molar-refractivity contribution is 1.43. The molecule has 0 aliphatic carbocycles. The van der Waals surface area contributed by atoms with Gasteiger partial charge in [0.15, 0.2) is 0 Å². The van der Waals surface area contributed by atoms with Gasteiger partial charge in [-0.25, -0.2) is 3.71 Å². The molecule has 0 aliphatic heterocycles. The smallest absolute Gasteiger partial charge is 0.0601 e. The van der Waals surface area contributed by atoms with Crippen LogP contribution in [0.1, 0.15) is 0 Å². The van der Waals surface area contributed by atoms with E-state index in [0.717, 1.165) is 0 Å². The summed E-state index contributed by atoms with van der Waals surface area (Å²) in [4.78, 5) is 2.45. The van der Waals surface area contributed by atoms with Crippen molar-refractivity contribution in [1.29, 1.82) is 0 Å². The standard InChI is InChI=1S/C18H15NS2/c1-4-10-16(11-5-1)19(20-17-12-6-2-7-13-17)21-18-14-8-3-9-15-18/h1-15H. The second-order valence-corrected chi connectivity index (χ2v) is 6.67. The van der Waals surface area contributed by atoms with Gasteiger partial charge in [-0.15, -0.1) is 0 Å². The van der Waals surface area contributed by atoms with Crippen LogP contribution in [0.2, 0.25) is 0 Å². The van der Waals surface area contributed by atoms with Gasteiger partial charge in [-0.3, -0.25) is 0 Å². The number of anilines is 1. The monoisotopic (exact) mass is 309 g/mol. The highest BCUT2D eigenvalue weighted by molar-refractivity contribution is 8.18. The molecule has 3 aromatic rings. The lowest BCUT2D eigenvalue weighted by atomic mass is 10.3. The Bertz CT molecular complexity index is 615. The summed E-state index contributed by atoms with van der Waals surface area (Å²) < 4.78 is 2.24. The topological polar surface area (TPSA) is 3.24 Å². The Hall–Kier alpha value is -1.84. The van der Waals surface area contributed by atoms with Crippen LogP contribution in [-0.2, 0) is 0 Å². The fourth-order valence-electron chi connectivity index (χ4n) is 1.83. The van der Waals surface area contributed by atoms with Crippen molar-refractivity contribution in [3.8, 4) is 0 Å². The van der Waals surface area contributed by atoms with Gasteiger partial charge in [0.05, 0.1) is 5.69 Å². The quantitative estimate of drug-likeness (QED) is 0.540. The molecular weight excluding hydrogens is 294 g/mol. The third-order valence-electron chi connectivity index (χ3n) is 2.83. The highest BCUT2D eigenvalue weighted by Gasteiger charge is 2.10. The molecule has 0 radical (unpaired) electrons. The van der Waals surface area contributed by atoms with Gasteiger partial charge in [0.25, 0.3) is 0 Å². The van der Waals surface area contributed by atoms with Gasteiger partial charge in [0.2, 0.25) is 0 Å². The van der Waals surface area contributed by atoms with Crippen molar-refractivity contribution in [2.45, 2.75) is 9.79 Å². The summed E-state index contributed by atoms with van der Waals surface area (Å²) in [5.74, 6) is 0. The predicted octanol–water partition coefficient (Wildman–Crippen LogP) is 5.91. The Morgan fingerprint density at radius 1 is 0.476 bits per heavy atom. The SMILES string of the molecule is c1ccc(SN(Sc2ccccc2)c2ccccc2)cc1. The maximum atomic E-state index is 2.24. The van der Waals surface area contributed by atoms with E-state index in [4.69, 9.17) is 0 Å². The third kappa shape index (κ3) is 4.06. The molecule has 0 saturated carbocycles. The summed E-state index contributed by atoms with van der Waals surface area (Å²) in [5.41, 5.74) is 1.18. The molecule has 0 atom stereocenters. The van der Waals surface area contributed by atoms with E-state index < -0.39 is 0 Å². The second kappa shape index (κ2) is 7.25. The van der Waals surface area contributed by atoms with E-state index in [1.54, 1.807) is 23.9 Å². The lowest BCUT2D eigenvalue weighted by Crippen LogP contribution is -2.03. The van der Waals surface area contributed by atoms with Crippen molar-refractivity contribution in [1.82, 2.24) is 0 Å². The van der Waals surface area contributed by atoms with Gasteiger partial charge in [0, 0.05) is 9.79 Å². The summed E-state index contributed by atoms with van der Waals surface area (Å²) in [6.07, 6.45) is 0. The van der Waals surface area contributed by atoms with Gasteiger partial charge >= 0.3 is 0 Å². The Morgan fingerprint density at radius 2 is 0.857 bits per heavy atom. The van der Waals surface area contributed by atoms with Gasteiger partial charge in [-0.2, -0.15) is 0 Å². The first-order valence-corrected chi connectivity index (χ1v) is 8.28. The number of hydrogen-bond donors (Lipinski definition) is 0. The minimum Gasteiger partial charge on any atom is -0.249 e. The second-order valence-electron chi connectivity index (χ2n) is 4.40. The molecule has 1 nitrogen and oxygen atoms in total. The molecule has 104 valence electrons. The predicted molar refractivity (Wildman–Crippen MR) is 93.5 cm³/mol. The van der Waals surface area contributed by atoms with Crippen LogP contribution < -0.4 is 3.71 Å². The van der Waals surface area contributed by atoms with E-state index >= 15 is 0 Å². The summed E-state index contributed by atoms with van der Waals surface area (Å²) in [6.45, 7) is 0. The Kier molecular flexibility index (Phi) is 4.87. The molecule has 0 amide bonds. The van der Waals surface area contributed by atoms with Crippen LogP contribution >= 0.6 is 23.9 Å². The van der Waals surface area contributed by atoms with E-state index in [0.29, 0.717) is 0 Å². The minimum absolute atomic E-state index is 1.18. The molecule has 0 aliphatic rings. The molecular formula is C18H15NS2. The minimum atomic E-state index is 1.18. The van der Waals surface area contributed by atoms with Crippen LogP contribution in [0, 0.1) is 0 Å². The zero-order valence-electron chi connectivity index (χ0n) is 11.4. The van der Waals surface area contributed by atoms with Gasteiger partial charge in [0.1, 0.15) is 0 Å². The van der Waals surface area contributed by atoms with Crippen molar-refractivity contribution in [3.05, 3.63) is 91.0 Å². The normalized spacial score (nSPS) is 10.3. The zero-order valence-corrected chi connectivity index (χ0v) is 13.1. The van der Waals surface area contributed by atoms with Gasteiger partial charge in [-0.1, -0.05) is 54.6 Å². The number of benzene rings is 3. The van der Waals surface area contributed by atoms with Crippen LogP contribution in [0.4, 0.5) is 5.69 Å². The van der Waals surface area contributed by atoms with Crippen molar-refractivity contribution < 1.29 is 0 Å². The zero-order chi connectivity index (χ0) is 14.3. The van der Waals surface area contributed by atoms with Crippen molar-refractivity contribution >= 4 is 29.6 Å². The van der Waals surface area contributed by atoms with Crippen LogP contribution in [0.5, 0.6) is 0 Å². The van der Waals surface area contributed by atoms with Crippen molar-refractivity contribution in [2.24, 2.45) is 0 Å². The summed E-state index contributed by atoms with van der Waals surface area (Å²) >= 11 is 3.47. The van der Waals surface area contributed by atoms with E-state index in [2.05, 4.69) is 76.5 Å². The number of rotatable bonds is 5. The summed E-state index contributed by atoms with van der Waals surface area (Å²) in [6, 6.07) is 31.3. The van der Waals surface area contributed by atoms with E-state index in [9.17, 15) is 0 Å². The highest BCUT2D eigenvalue weighted by Crippen LogP contribution is 2.38. The molecule has 0 fully saturated rings. The summed E-state index contributed by atoms with van der Waals surface area (Å²) in [5, 5.41) is 0. The number of hydrogen-bond acceptors (Lipinski definition) is 3. The van der Waals surface area contributed by atoms with E-state index in [1.807, 2.05) is 18.2 Å². The highest BCUT2D eigenvalue weighted by atomic mass is 32.2. The van der Waals surface area contributed by atoms with Crippen LogP contribution in [0.25, 0.3) is 0 Å². The number of para-hydroxylation sites is 1. The fraction of sp³-hybridized carbons (Fsp3) is 0. The third-order valence-corrected chi connectivity index (χ3v) is 5.00. The average Bonchev–Trinajstić information content (AvgIpc) is 2.57. The Balaban J connectivity index is 1.84. The first-order valence-electron chi connectivity index (χ1n) is 6.73. The summed E-state index contributed by atoms with van der Waals surface area (Å²) in [7, 11) is 0. The van der Waals surface area contributed by atoms with Crippen LogP contribution in [0.3, 0.4) is 0 Å². The van der Waals surface area contributed by atoms with Crippen LogP contribution in [0.15, 0.2) is 101 Å². The molecule has 0 spiro atoms. The average molecular weight is 309 g/mol. The van der Waals surface area contributed by atoms with Crippen molar-refractivity contribution in [2.75, 3.05) is 3.71 Å². The van der Waals surface area contributed by atoms with Gasteiger partial charge in [-0.05, 0) is 60.3 Å². The number of nitrogens with zero attached hydrogens (tertiary/aromatic N) is 1. The first kappa shape index (κ1) is 14.1. The van der Waals surface area contributed by atoms with E-state index in [1.165, 1.54) is 15.5 Å². The van der Waals surface area contributed by atoms with Crippen molar-refractivity contribution in [3.63, 3.8) is 0 Å².